The molecule has 0 spiro atoms. The normalized spacial score (nSPS) is 14.0. The number of methoxy groups -OCH3 is 1. The molecule has 0 atom stereocenters. The lowest BCUT2D eigenvalue weighted by Crippen LogP contribution is -2.50. The molecule has 1 fully saturated rings. The molecule has 1 aromatic heterocycles. The van der Waals surface area contributed by atoms with Crippen molar-refractivity contribution >= 4 is 40.7 Å². The highest BCUT2D eigenvalue weighted by Gasteiger charge is 2.23. The van der Waals surface area contributed by atoms with Gasteiger partial charge in [-0.05, 0) is 23.6 Å². The Morgan fingerprint density at radius 1 is 1.11 bits per heavy atom. The van der Waals surface area contributed by atoms with Crippen molar-refractivity contribution in [2.75, 3.05) is 50.5 Å². The number of carbonyl (C=O) groups excluding carboxylic acids is 2. The van der Waals surface area contributed by atoms with E-state index in [0.29, 0.717) is 13.1 Å². The molecule has 0 N–H and O–H groups in total. The van der Waals surface area contributed by atoms with Gasteiger partial charge in [0.25, 0.3) is 5.91 Å². The maximum absolute atomic E-state index is 12.3. The number of esters is 1. The Morgan fingerprint density at radius 3 is 2.61 bits per heavy atom. The molecule has 2 aromatic rings. The van der Waals surface area contributed by atoms with Crippen molar-refractivity contribution in [3.05, 3.63) is 46.7 Å². The SMILES string of the molecule is COc1ccccc1N1CCN(C(=O)COC(=O)CSCc2cccs2)CC1. The van der Waals surface area contributed by atoms with Crippen molar-refractivity contribution in [1.82, 2.24) is 4.90 Å². The fraction of sp³-hybridized carbons (Fsp3) is 0.400. The molecule has 150 valence electrons. The smallest absolute Gasteiger partial charge is 0.316 e. The number of rotatable bonds is 8. The summed E-state index contributed by atoms with van der Waals surface area (Å²) in [6.07, 6.45) is 0. The molecule has 1 aromatic carbocycles. The van der Waals surface area contributed by atoms with Gasteiger partial charge in [0.2, 0.25) is 0 Å². The predicted molar refractivity (Wildman–Crippen MR) is 113 cm³/mol. The van der Waals surface area contributed by atoms with Crippen LogP contribution in [0.5, 0.6) is 5.75 Å². The second kappa shape index (κ2) is 10.4. The first-order valence-electron chi connectivity index (χ1n) is 9.09. The van der Waals surface area contributed by atoms with Crippen molar-refractivity contribution in [3.63, 3.8) is 0 Å². The van der Waals surface area contributed by atoms with Gasteiger partial charge in [-0.25, -0.2) is 0 Å². The van der Waals surface area contributed by atoms with Crippen LogP contribution in [0.1, 0.15) is 4.88 Å². The number of benzene rings is 1. The number of nitrogens with zero attached hydrogens (tertiary/aromatic N) is 2. The quantitative estimate of drug-likeness (QED) is 0.612. The standard InChI is InChI=1S/C20H24N2O4S2/c1-25-18-7-3-2-6-17(18)21-8-10-22(11-9-21)19(23)13-26-20(24)15-27-14-16-5-4-12-28-16/h2-7,12H,8-11,13-15H2,1H3. The van der Waals surface area contributed by atoms with Gasteiger partial charge in [-0.3, -0.25) is 9.59 Å². The molecule has 0 saturated carbocycles. The zero-order chi connectivity index (χ0) is 19.8. The van der Waals surface area contributed by atoms with Gasteiger partial charge >= 0.3 is 5.97 Å². The third-order valence-corrected chi connectivity index (χ3v) is 6.47. The summed E-state index contributed by atoms with van der Waals surface area (Å²) < 4.78 is 10.6. The van der Waals surface area contributed by atoms with E-state index in [1.807, 2.05) is 41.8 Å². The molecule has 0 unspecified atom stereocenters. The average Bonchev–Trinajstić information content (AvgIpc) is 3.25. The molecule has 2 heterocycles. The lowest BCUT2D eigenvalue weighted by atomic mass is 10.2. The molecular weight excluding hydrogens is 396 g/mol. The lowest BCUT2D eigenvalue weighted by Gasteiger charge is -2.36. The van der Waals surface area contributed by atoms with Crippen molar-refractivity contribution < 1.29 is 19.1 Å². The molecule has 1 aliphatic rings. The molecule has 0 bridgehead atoms. The maximum atomic E-state index is 12.3. The van der Waals surface area contributed by atoms with Crippen LogP contribution in [0.4, 0.5) is 5.69 Å². The molecule has 1 amide bonds. The highest BCUT2D eigenvalue weighted by molar-refractivity contribution is 7.99. The molecule has 3 rings (SSSR count). The summed E-state index contributed by atoms with van der Waals surface area (Å²) in [5.74, 6) is 1.38. The molecule has 8 heteroatoms. The van der Waals surface area contributed by atoms with E-state index in [2.05, 4.69) is 4.90 Å². The van der Waals surface area contributed by atoms with Gasteiger partial charge in [0.15, 0.2) is 6.61 Å². The van der Waals surface area contributed by atoms with Crippen LogP contribution in [0.15, 0.2) is 41.8 Å². The summed E-state index contributed by atoms with van der Waals surface area (Å²) >= 11 is 3.17. The summed E-state index contributed by atoms with van der Waals surface area (Å²) in [5.41, 5.74) is 1.03. The number of hydrogen-bond donors (Lipinski definition) is 0. The van der Waals surface area contributed by atoms with E-state index in [4.69, 9.17) is 9.47 Å². The number of para-hydroxylation sites is 2. The molecule has 28 heavy (non-hydrogen) atoms. The number of anilines is 1. The summed E-state index contributed by atoms with van der Waals surface area (Å²) in [6, 6.07) is 11.9. The number of ether oxygens (including phenoxy) is 2. The van der Waals surface area contributed by atoms with Crippen LogP contribution in [0.25, 0.3) is 0 Å². The number of piperazine rings is 1. The van der Waals surface area contributed by atoms with Gasteiger partial charge < -0.3 is 19.3 Å². The first-order chi connectivity index (χ1) is 13.7. The van der Waals surface area contributed by atoms with E-state index in [0.717, 1.165) is 30.3 Å². The summed E-state index contributed by atoms with van der Waals surface area (Å²) in [4.78, 5) is 29.3. The Bertz CT molecular complexity index is 774. The van der Waals surface area contributed by atoms with Gasteiger partial charge in [0, 0.05) is 36.8 Å². The fourth-order valence-corrected chi connectivity index (χ4v) is 4.65. The van der Waals surface area contributed by atoms with Crippen molar-refractivity contribution in [3.8, 4) is 5.75 Å². The summed E-state index contributed by atoms with van der Waals surface area (Å²) in [5, 5.41) is 2.01. The second-order valence-corrected chi connectivity index (χ2v) is 8.29. The average molecular weight is 421 g/mol. The Morgan fingerprint density at radius 2 is 1.89 bits per heavy atom. The van der Waals surface area contributed by atoms with Gasteiger partial charge in [-0.2, -0.15) is 0 Å². The van der Waals surface area contributed by atoms with E-state index in [9.17, 15) is 9.59 Å². The Hall–Kier alpha value is -2.19. The van der Waals surface area contributed by atoms with Crippen LogP contribution in [0, 0.1) is 0 Å². The fourth-order valence-electron chi connectivity index (χ4n) is 2.99. The third-order valence-electron chi connectivity index (χ3n) is 4.46. The first-order valence-corrected chi connectivity index (χ1v) is 11.1. The number of thiophene rings is 1. The van der Waals surface area contributed by atoms with Crippen LogP contribution in [0.2, 0.25) is 0 Å². The Labute approximate surface area is 173 Å². The van der Waals surface area contributed by atoms with E-state index in [-0.39, 0.29) is 24.2 Å². The van der Waals surface area contributed by atoms with Gasteiger partial charge in [-0.15, -0.1) is 23.1 Å². The minimum absolute atomic E-state index is 0.142. The Balaban J connectivity index is 1.37. The summed E-state index contributed by atoms with van der Waals surface area (Å²) in [7, 11) is 1.66. The highest BCUT2D eigenvalue weighted by Crippen LogP contribution is 2.28. The number of amides is 1. The number of hydrogen-bond acceptors (Lipinski definition) is 7. The van der Waals surface area contributed by atoms with E-state index in [1.165, 1.54) is 16.6 Å². The van der Waals surface area contributed by atoms with Crippen LogP contribution < -0.4 is 9.64 Å². The van der Waals surface area contributed by atoms with Crippen LogP contribution in [-0.2, 0) is 20.1 Å². The van der Waals surface area contributed by atoms with Crippen LogP contribution in [0.3, 0.4) is 0 Å². The minimum Gasteiger partial charge on any atom is -0.495 e. The Kier molecular flexibility index (Phi) is 7.62. The predicted octanol–water partition coefficient (Wildman–Crippen LogP) is 2.88. The topological polar surface area (TPSA) is 59.1 Å². The molecule has 0 aliphatic carbocycles. The van der Waals surface area contributed by atoms with E-state index in [1.54, 1.807) is 23.3 Å². The second-order valence-electron chi connectivity index (χ2n) is 6.27. The monoisotopic (exact) mass is 420 g/mol. The first kappa shape index (κ1) is 20.5. The molecule has 1 aliphatic heterocycles. The van der Waals surface area contributed by atoms with Gasteiger partial charge in [-0.1, -0.05) is 18.2 Å². The van der Waals surface area contributed by atoms with Crippen molar-refractivity contribution in [1.29, 1.82) is 0 Å². The molecular formula is C20H24N2O4S2. The van der Waals surface area contributed by atoms with Crippen molar-refractivity contribution in [2.45, 2.75) is 5.75 Å². The van der Waals surface area contributed by atoms with Crippen LogP contribution >= 0.6 is 23.1 Å². The third kappa shape index (κ3) is 5.65. The lowest BCUT2D eigenvalue weighted by molar-refractivity contribution is -0.150. The molecule has 6 nitrogen and oxygen atoms in total. The number of carbonyl (C=O) groups is 2. The number of thioether (sulfide) groups is 1. The van der Waals surface area contributed by atoms with E-state index < -0.39 is 0 Å². The zero-order valence-electron chi connectivity index (χ0n) is 15.8. The zero-order valence-corrected chi connectivity index (χ0v) is 17.5. The molecule has 0 radical (unpaired) electrons. The van der Waals surface area contributed by atoms with Gasteiger partial charge in [0.1, 0.15) is 5.75 Å². The van der Waals surface area contributed by atoms with Crippen LogP contribution in [-0.4, -0.2) is 62.4 Å². The van der Waals surface area contributed by atoms with Gasteiger partial charge in [0.05, 0.1) is 18.6 Å². The largest absolute Gasteiger partial charge is 0.495 e. The molecule has 1 saturated heterocycles. The van der Waals surface area contributed by atoms with Crippen molar-refractivity contribution in [2.24, 2.45) is 0 Å². The summed E-state index contributed by atoms with van der Waals surface area (Å²) in [6.45, 7) is 2.45. The highest BCUT2D eigenvalue weighted by atomic mass is 32.2. The minimum atomic E-state index is -0.345. The maximum Gasteiger partial charge on any atom is 0.316 e. The van der Waals surface area contributed by atoms with E-state index >= 15 is 0 Å².